The molecule has 0 aliphatic rings. The van der Waals surface area contributed by atoms with Crippen molar-refractivity contribution < 1.29 is 14.6 Å². The summed E-state index contributed by atoms with van der Waals surface area (Å²) in [5.74, 6) is 1.17. The average Bonchev–Trinajstić information content (AvgIpc) is 2.43. The Bertz CT molecular complexity index is 381. The maximum atomic E-state index is 9.93. The largest absolute Gasteiger partial charge is 0.493 e. The molecule has 108 valence electrons. The van der Waals surface area contributed by atoms with Crippen LogP contribution in [0.15, 0.2) is 18.2 Å². The van der Waals surface area contributed by atoms with E-state index in [0.717, 1.165) is 13.1 Å². The zero-order valence-electron chi connectivity index (χ0n) is 11.9. The van der Waals surface area contributed by atoms with Crippen LogP contribution in [0.3, 0.4) is 0 Å². The lowest BCUT2D eigenvalue weighted by molar-refractivity contribution is 0.0706. The second-order valence-electron chi connectivity index (χ2n) is 4.36. The van der Waals surface area contributed by atoms with Gasteiger partial charge in [-0.25, -0.2) is 0 Å². The maximum absolute atomic E-state index is 9.93. The van der Waals surface area contributed by atoms with Gasteiger partial charge in [0.15, 0.2) is 11.5 Å². The van der Waals surface area contributed by atoms with Gasteiger partial charge in [-0.05, 0) is 25.2 Å². The molecule has 0 spiro atoms. The number of rotatable bonds is 8. The molecule has 0 aromatic heterocycles. The van der Waals surface area contributed by atoms with Crippen LogP contribution in [0.1, 0.15) is 13.8 Å². The lowest BCUT2D eigenvalue weighted by Gasteiger charge is -2.22. The van der Waals surface area contributed by atoms with Crippen molar-refractivity contribution in [3.8, 4) is 11.5 Å². The van der Waals surface area contributed by atoms with E-state index >= 15 is 0 Å². The summed E-state index contributed by atoms with van der Waals surface area (Å²) >= 11 is 0. The summed E-state index contributed by atoms with van der Waals surface area (Å²) in [6.45, 7) is 6.80. The number of nitrogens with zero attached hydrogens (tertiary/aromatic N) is 1. The van der Waals surface area contributed by atoms with Crippen LogP contribution in [-0.2, 0) is 0 Å². The Labute approximate surface area is 114 Å². The second-order valence-corrected chi connectivity index (χ2v) is 4.36. The molecule has 1 rings (SSSR count). The monoisotopic (exact) mass is 268 g/mol. The number of benzene rings is 1. The zero-order chi connectivity index (χ0) is 14.3. The fourth-order valence-electron chi connectivity index (χ4n) is 1.82. The summed E-state index contributed by atoms with van der Waals surface area (Å²) in [5.41, 5.74) is 6.29. The topological polar surface area (TPSA) is 68.0 Å². The number of nitrogen functional groups attached to an aromatic ring is 1. The SMILES string of the molecule is CCN(CC)CC(O)COc1ccc(N)cc1OC. The minimum absolute atomic E-state index is 0.233. The third kappa shape index (κ3) is 4.96. The summed E-state index contributed by atoms with van der Waals surface area (Å²) in [5, 5.41) is 9.93. The van der Waals surface area contributed by atoms with E-state index in [1.54, 1.807) is 25.3 Å². The highest BCUT2D eigenvalue weighted by molar-refractivity contribution is 5.51. The molecule has 1 aromatic rings. The predicted octanol–water partition coefficient (Wildman–Crippen LogP) is 1.36. The molecule has 0 aliphatic heterocycles. The number of hydrogen-bond acceptors (Lipinski definition) is 5. The van der Waals surface area contributed by atoms with Gasteiger partial charge in [0.2, 0.25) is 0 Å². The lowest BCUT2D eigenvalue weighted by atomic mass is 10.3. The first-order chi connectivity index (χ1) is 9.10. The molecule has 1 atom stereocenters. The smallest absolute Gasteiger partial charge is 0.162 e. The highest BCUT2D eigenvalue weighted by Gasteiger charge is 2.11. The summed E-state index contributed by atoms with van der Waals surface area (Å²) in [6.07, 6.45) is -0.526. The summed E-state index contributed by atoms with van der Waals surface area (Å²) < 4.78 is 10.8. The first-order valence-corrected chi connectivity index (χ1v) is 6.57. The maximum Gasteiger partial charge on any atom is 0.162 e. The fourth-order valence-corrected chi connectivity index (χ4v) is 1.82. The van der Waals surface area contributed by atoms with Crippen molar-refractivity contribution in [3.63, 3.8) is 0 Å². The van der Waals surface area contributed by atoms with Crippen LogP contribution in [-0.4, -0.2) is 49.5 Å². The van der Waals surface area contributed by atoms with Crippen molar-refractivity contribution in [2.45, 2.75) is 20.0 Å². The van der Waals surface area contributed by atoms with Crippen molar-refractivity contribution in [1.29, 1.82) is 0 Å². The highest BCUT2D eigenvalue weighted by Crippen LogP contribution is 2.28. The number of hydrogen-bond donors (Lipinski definition) is 2. The molecule has 0 heterocycles. The van der Waals surface area contributed by atoms with Crippen LogP contribution < -0.4 is 15.2 Å². The Hall–Kier alpha value is -1.46. The van der Waals surface area contributed by atoms with Gasteiger partial charge >= 0.3 is 0 Å². The van der Waals surface area contributed by atoms with Gasteiger partial charge < -0.3 is 25.2 Å². The predicted molar refractivity (Wildman–Crippen MR) is 76.7 cm³/mol. The molecule has 0 aliphatic carbocycles. The van der Waals surface area contributed by atoms with Gasteiger partial charge in [-0.15, -0.1) is 0 Å². The van der Waals surface area contributed by atoms with Gasteiger partial charge in [-0.1, -0.05) is 13.8 Å². The molecular weight excluding hydrogens is 244 g/mol. The van der Waals surface area contributed by atoms with Gasteiger partial charge in [-0.3, -0.25) is 0 Å². The molecule has 5 heteroatoms. The van der Waals surface area contributed by atoms with E-state index in [9.17, 15) is 5.11 Å². The normalized spacial score (nSPS) is 12.5. The molecular formula is C14H24N2O3. The van der Waals surface area contributed by atoms with E-state index in [2.05, 4.69) is 18.7 Å². The number of ether oxygens (including phenoxy) is 2. The Balaban J connectivity index is 2.52. The quantitative estimate of drug-likeness (QED) is 0.697. The van der Waals surface area contributed by atoms with Crippen molar-refractivity contribution in [2.24, 2.45) is 0 Å². The van der Waals surface area contributed by atoms with Crippen LogP contribution in [0.25, 0.3) is 0 Å². The van der Waals surface area contributed by atoms with Crippen LogP contribution in [0.2, 0.25) is 0 Å². The minimum atomic E-state index is -0.526. The van der Waals surface area contributed by atoms with E-state index < -0.39 is 6.10 Å². The van der Waals surface area contributed by atoms with Crippen LogP contribution in [0.5, 0.6) is 11.5 Å². The number of aliphatic hydroxyl groups excluding tert-OH is 1. The number of aliphatic hydroxyl groups is 1. The van der Waals surface area contributed by atoms with Gasteiger partial charge in [0.05, 0.1) is 7.11 Å². The van der Waals surface area contributed by atoms with Crippen LogP contribution >= 0.6 is 0 Å². The van der Waals surface area contributed by atoms with Crippen molar-refractivity contribution in [2.75, 3.05) is 39.1 Å². The number of anilines is 1. The molecule has 1 aromatic carbocycles. The summed E-state index contributed by atoms with van der Waals surface area (Å²) in [7, 11) is 1.56. The highest BCUT2D eigenvalue weighted by atomic mass is 16.5. The van der Waals surface area contributed by atoms with E-state index in [1.165, 1.54) is 0 Å². The lowest BCUT2D eigenvalue weighted by Crippen LogP contribution is -2.35. The molecule has 1 unspecified atom stereocenters. The second kappa shape index (κ2) is 7.86. The number of likely N-dealkylation sites (N-methyl/N-ethyl adjacent to an activating group) is 1. The first kappa shape index (κ1) is 15.6. The standard InChI is InChI=1S/C14H24N2O3/c1-4-16(5-2)9-12(17)10-19-13-7-6-11(15)8-14(13)18-3/h6-8,12,17H,4-5,9-10,15H2,1-3H3. The molecule has 0 bridgehead atoms. The van der Waals surface area contributed by atoms with Crippen molar-refractivity contribution in [3.05, 3.63) is 18.2 Å². The molecule has 0 radical (unpaired) electrons. The molecule has 3 N–H and O–H groups in total. The third-order valence-corrected chi connectivity index (χ3v) is 2.98. The third-order valence-electron chi connectivity index (χ3n) is 2.98. The average molecular weight is 268 g/mol. The van der Waals surface area contributed by atoms with Crippen LogP contribution in [0, 0.1) is 0 Å². The van der Waals surface area contributed by atoms with Gasteiger partial charge in [0.25, 0.3) is 0 Å². The van der Waals surface area contributed by atoms with Crippen molar-refractivity contribution >= 4 is 5.69 Å². The Kier molecular flexibility index (Phi) is 6.45. The Morgan fingerprint density at radius 3 is 2.53 bits per heavy atom. The molecule has 0 saturated carbocycles. The van der Waals surface area contributed by atoms with Gasteiger partial charge in [0, 0.05) is 18.3 Å². The molecule has 5 nitrogen and oxygen atoms in total. The van der Waals surface area contributed by atoms with Gasteiger partial charge in [-0.2, -0.15) is 0 Å². The Morgan fingerprint density at radius 2 is 1.95 bits per heavy atom. The first-order valence-electron chi connectivity index (χ1n) is 6.57. The van der Waals surface area contributed by atoms with E-state index in [1.807, 2.05) is 0 Å². The molecule has 19 heavy (non-hydrogen) atoms. The van der Waals surface area contributed by atoms with E-state index in [-0.39, 0.29) is 6.61 Å². The molecule has 0 amide bonds. The van der Waals surface area contributed by atoms with Gasteiger partial charge in [0.1, 0.15) is 12.7 Å². The van der Waals surface area contributed by atoms with Crippen LogP contribution in [0.4, 0.5) is 5.69 Å². The fraction of sp³-hybridized carbons (Fsp3) is 0.571. The van der Waals surface area contributed by atoms with E-state index in [4.69, 9.17) is 15.2 Å². The number of methoxy groups -OCH3 is 1. The minimum Gasteiger partial charge on any atom is -0.493 e. The Morgan fingerprint density at radius 1 is 1.26 bits per heavy atom. The zero-order valence-corrected chi connectivity index (χ0v) is 11.9. The van der Waals surface area contributed by atoms with Crippen molar-refractivity contribution in [1.82, 2.24) is 4.90 Å². The summed E-state index contributed by atoms with van der Waals surface area (Å²) in [4.78, 5) is 2.15. The van der Waals surface area contributed by atoms with E-state index in [0.29, 0.717) is 23.7 Å². The molecule has 0 saturated heterocycles. The summed E-state index contributed by atoms with van der Waals surface area (Å²) in [6, 6.07) is 5.19. The number of nitrogens with two attached hydrogens (primary N) is 1. The molecule has 0 fully saturated rings.